The topological polar surface area (TPSA) is 68.8 Å². The molecule has 0 heterocycles. The largest absolute Gasteiger partial charge is 0.382 e. The van der Waals surface area contributed by atoms with Gasteiger partial charge in [-0.25, -0.2) is 0 Å². The Balaban J connectivity index is 4.15. The monoisotopic (exact) mass is 175 g/mol. The molecule has 0 aromatic rings. The molecule has 66 valence electrons. The van der Waals surface area contributed by atoms with Crippen LogP contribution in [0.1, 0.15) is 0 Å². The van der Waals surface area contributed by atoms with Gasteiger partial charge < -0.3 is 10.1 Å². The number of hydrogen-bond donors (Lipinski definition) is 1. The molecule has 0 radical (unpaired) electrons. The third kappa shape index (κ3) is 4.48. The van der Waals surface area contributed by atoms with Gasteiger partial charge in [-0.3, -0.25) is 0 Å². The maximum atomic E-state index is 8.38. The van der Waals surface area contributed by atoms with Gasteiger partial charge in [0, 0.05) is 13.3 Å². The molecule has 4 nitrogen and oxygen atoms in total. The van der Waals surface area contributed by atoms with Gasteiger partial charge in [0.25, 0.3) is 0 Å². The van der Waals surface area contributed by atoms with Gasteiger partial charge in [-0.05, 0) is 0 Å². The Kier molecular flexibility index (Phi) is 5.72. The average molecular weight is 175 g/mol. The molecule has 0 bridgehead atoms. The molecule has 0 spiro atoms. The first-order valence-corrected chi connectivity index (χ1v) is 3.50. The summed E-state index contributed by atoms with van der Waals surface area (Å²) in [5.74, 6) is 2.41. The second-order valence-electron chi connectivity index (χ2n) is 2.12. The van der Waals surface area contributed by atoms with Crippen LogP contribution in [0, 0.1) is 35.0 Å². The highest BCUT2D eigenvalue weighted by Crippen LogP contribution is 1.88. The van der Waals surface area contributed by atoms with Crippen LogP contribution >= 0.6 is 0 Å². The number of nitrogens with one attached hydrogen (secondary N) is 1. The summed E-state index contributed by atoms with van der Waals surface area (Å²) in [6, 6.07) is 3.08. The van der Waals surface area contributed by atoms with Crippen molar-refractivity contribution in [2.45, 2.75) is 6.04 Å². The summed E-state index contributed by atoms with van der Waals surface area (Å²) in [4.78, 5) is 0. The maximum absolute atomic E-state index is 8.38. The molecular weight excluding hydrogens is 166 g/mol. The number of nitriles is 2. The molecule has 0 aromatic heterocycles. The summed E-state index contributed by atoms with van der Waals surface area (Å²) in [6.07, 6.45) is 6.42. The molecule has 13 heavy (non-hydrogen) atoms. The lowest BCUT2D eigenvalue weighted by Crippen LogP contribution is -2.27. The van der Waals surface area contributed by atoms with Crippen LogP contribution in [0.4, 0.5) is 0 Å². The van der Waals surface area contributed by atoms with Crippen molar-refractivity contribution in [1.82, 2.24) is 5.32 Å². The van der Waals surface area contributed by atoms with Crippen molar-refractivity contribution >= 4 is 0 Å². The number of methoxy groups -OCH3 is 1. The number of rotatable bonds is 4. The van der Waals surface area contributed by atoms with Crippen LogP contribution < -0.4 is 5.32 Å². The highest BCUT2D eigenvalue weighted by Gasteiger charge is 2.00. The first kappa shape index (κ1) is 11.0. The maximum Gasteiger partial charge on any atom is 0.145 e. The van der Waals surface area contributed by atoms with Gasteiger partial charge in [0.05, 0.1) is 6.61 Å². The number of ether oxygens (including phenoxy) is 1. The van der Waals surface area contributed by atoms with E-state index in [2.05, 4.69) is 11.2 Å². The molecule has 1 unspecified atom stereocenters. The summed E-state index contributed by atoms with van der Waals surface area (Å²) >= 11 is 0. The summed E-state index contributed by atoms with van der Waals surface area (Å²) in [5.41, 5.74) is -0.0173. The van der Waals surface area contributed by atoms with Gasteiger partial charge in [0.2, 0.25) is 0 Å². The van der Waals surface area contributed by atoms with Gasteiger partial charge in [0.15, 0.2) is 0 Å². The normalized spacial score (nSPS) is 10.0. The van der Waals surface area contributed by atoms with Gasteiger partial charge in [-0.15, -0.1) is 6.42 Å². The molecule has 0 rings (SSSR count). The van der Waals surface area contributed by atoms with E-state index in [1.165, 1.54) is 13.3 Å². The third-order valence-electron chi connectivity index (χ3n) is 1.20. The molecule has 1 N–H and O–H groups in total. The lowest BCUT2D eigenvalue weighted by molar-refractivity contribution is 0.187. The molecule has 0 aliphatic carbocycles. The van der Waals surface area contributed by atoms with E-state index in [4.69, 9.17) is 21.7 Å². The van der Waals surface area contributed by atoms with E-state index in [0.717, 1.165) is 0 Å². The lowest BCUT2D eigenvalue weighted by Gasteiger charge is -2.08. The Morgan fingerprint density at radius 1 is 1.62 bits per heavy atom. The molecule has 0 aliphatic heterocycles. The van der Waals surface area contributed by atoms with E-state index in [9.17, 15) is 0 Å². The lowest BCUT2D eigenvalue weighted by atomic mass is 10.3. The zero-order valence-electron chi connectivity index (χ0n) is 7.24. The van der Waals surface area contributed by atoms with Crippen LogP contribution in [0.5, 0.6) is 0 Å². The fraction of sp³-hybridized carbons (Fsp3) is 0.333. The van der Waals surface area contributed by atoms with Crippen LogP contribution in [0.3, 0.4) is 0 Å². The van der Waals surface area contributed by atoms with Crippen LogP contribution in [0.25, 0.3) is 0 Å². The minimum atomic E-state index is -0.318. The number of allylic oxidation sites excluding steroid dienone is 1. The van der Waals surface area contributed by atoms with Crippen LogP contribution in [-0.4, -0.2) is 19.8 Å². The van der Waals surface area contributed by atoms with E-state index < -0.39 is 0 Å². The van der Waals surface area contributed by atoms with Gasteiger partial charge in [-0.1, -0.05) is 5.92 Å². The first-order chi connectivity index (χ1) is 6.28. The van der Waals surface area contributed by atoms with Crippen LogP contribution in [0.2, 0.25) is 0 Å². The molecule has 0 saturated carbocycles. The van der Waals surface area contributed by atoms with Gasteiger partial charge in [0.1, 0.15) is 23.8 Å². The second kappa shape index (κ2) is 6.73. The standard InChI is InChI=1S/C9H9N3O/c1-3-9(7-13-2)12-6-8(4-10)5-11/h1,6,9,12H,7H2,2H3. The fourth-order valence-electron chi connectivity index (χ4n) is 0.584. The second-order valence-corrected chi connectivity index (χ2v) is 2.12. The minimum absolute atomic E-state index is 0.0173. The highest BCUT2D eigenvalue weighted by atomic mass is 16.5. The molecular formula is C9H9N3O. The average Bonchev–Trinajstić information content (AvgIpc) is 2.17. The van der Waals surface area contributed by atoms with Crippen molar-refractivity contribution in [2.75, 3.05) is 13.7 Å². The molecule has 0 fully saturated rings. The van der Waals surface area contributed by atoms with Gasteiger partial charge in [-0.2, -0.15) is 10.5 Å². The summed E-state index contributed by atoms with van der Waals surface area (Å²) in [7, 11) is 1.52. The highest BCUT2D eigenvalue weighted by molar-refractivity contribution is 5.34. The predicted molar refractivity (Wildman–Crippen MR) is 46.9 cm³/mol. The smallest absolute Gasteiger partial charge is 0.145 e. The molecule has 4 heteroatoms. The van der Waals surface area contributed by atoms with E-state index >= 15 is 0 Å². The Hall–Kier alpha value is -1.96. The number of terminal acetylenes is 1. The van der Waals surface area contributed by atoms with Crippen LogP contribution in [-0.2, 0) is 4.74 Å². The first-order valence-electron chi connectivity index (χ1n) is 3.50. The van der Waals surface area contributed by atoms with Crippen molar-refractivity contribution in [3.05, 3.63) is 11.8 Å². The summed E-state index contributed by atoms with van der Waals surface area (Å²) < 4.78 is 4.79. The zero-order chi connectivity index (χ0) is 10.1. The summed E-state index contributed by atoms with van der Waals surface area (Å²) in [6.45, 7) is 0.330. The van der Waals surface area contributed by atoms with Crippen LogP contribution in [0.15, 0.2) is 11.8 Å². The van der Waals surface area contributed by atoms with Gasteiger partial charge >= 0.3 is 0 Å². The van der Waals surface area contributed by atoms with Crippen molar-refractivity contribution in [3.63, 3.8) is 0 Å². The van der Waals surface area contributed by atoms with Crippen molar-refractivity contribution in [2.24, 2.45) is 0 Å². The van der Waals surface area contributed by atoms with Crippen molar-refractivity contribution in [1.29, 1.82) is 10.5 Å². The van der Waals surface area contributed by atoms with Crippen molar-refractivity contribution < 1.29 is 4.74 Å². The SMILES string of the molecule is C#CC(COC)NC=C(C#N)C#N. The van der Waals surface area contributed by atoms with E-state index in [1.807, 2.05) is 0 Å². The number of nitrogens with zero attached hydrogens (tertiary/aromatic N) is 2. The number of hydrogen-bond acceptors (Lipinski definition) is 4. The fourth-order valence-corrected chi connectivity index (χ4v) is 0.584. The quantitative estimate of drug-likeness (QED) is 0.488. The molecule has 0 amide bonds. The van der Waals surface area contributed by atoms with Crippen molar-refractivity contribution in [3.8, 4) is 24.5 Å². The predicted octanol–water partition coefficient (Wildman–Crippen LogP) is 0.155. The van der Waals surface area contributed by atoms with E-state index in [0.29, 0.717) is 6.61 Å². The minimum Gasteiger partial charge on any atom is -0.382 e. The Morgan fingerprint density at radius 2 is 2.23 bits per heavy atom. The Bertz CT molecular complexity index is 284. The Labute approximate surface area is 77.4 Å². The summed E-state index contributed by atoms with van der Waals surface area (Å²) in [5, 5.41) is 19.5. The Morgan fingerprint density at radius 3 is 2.62 bits per heavy atom. The zero-order valence-corrected chi connectivity index (χ0v) is 7.24. The van der Waals surface area contributed by atoms with E-state index in [1.54, 1.807) is 12.1 Å². The third-order valence-corrected chi connectivity index (χ3v) is 1.20. The molecule has 0 aliphatic rings. The van der Waals surface area contributed by atoms with E-state index in [-0.39, 0.29) is 11.6 Å². The molecule has 0 aromatic carbocycles. The molecule has 0 saturated heterocycles. The molecule has 1 atom stereocenters.